The van der Waals surface area contributed by atoms with Crippen LogP contribution in [0, 0.1) is 5.82 Å². The quantitative estimate of drug-likeness (QED) is 0.427. The maximum absolute atomic E-state index is 13.7. The molecule has 3 aromatic rings. The molecule has 182 valence electrons. The van der Waals surface area contributed by atoms with Crippen molar-refractivity contribution in [1.82, 2.24) is 9.80 Å². The first-order valence-electron chi connectivity index (χ1n) is 12.8. The number of thiophene rings is 1. The third-order valence-electron chi connectivity index (χ3n) is 7.78. The van der Waals surface area contributed by atoms with E-state index in [2.05, 4.69) is 18.7 Å². The van der Waals surface area contributed by atoms with E-state index in [1.165, 1.54) is 32.5 Å². The minimum Gasteiger partial charge on any atom is -0.461 e. The van der Waals surface area contributed by atoms with Crippen LogP contribution in [-0.2, 0) is 37.0 Å². The van der Waals surface area contributed by atoms with Crippen molar-refractivity contribution in [3.05, 3.63) is 56.2 Å². The molecule has 34 heavy (non-hydrogen) atoms. The molecule has 0 atom stereocenters. The summed E-state index contributed by atoms with van der Waals surface area (Å²) in [6.45, 7) is 11.0. The van der Waals surface area contributed by atoms with E-state index >= 15 is 0 Å². The topological polar surface area (TPSA) is 36.7 Å². The number of rotatable bonds is 6. The van der Waals surface area contributed by atoms with E-state index in [-0.39, 0.29) is 11.7 Å². The summed E-state index contributed by atoms with van der Waals surface area (Å²) in [5, 5.41) is 1.09. The highest BCUT2D eigenvalue weighted by Crippen LogP contribution is 2.39. The minimum atomic E-state index is -0.235. The van der Waals surface area contributed by atoms with Crippen LogP contribution in [0.3, 0.4) is 0 Å². The molecule has 5 rings (SSSR count). The van der Waals surface area contributed by atoms with Crippen molar-refractivity contribution in [3.8, 4) is 0 Å². The molecule has 0 spiro atoms. The van der Waals surface area contributed by atoms with Crippen LogP contribution in [0.15, 0.2) is 22.6 Å². The number of furan rings is 1. The summed E-state index contributed by atoms with van der Waals surface area (Å²) in [6.07, 6.45) is 6.22. The Bertz CT molecular complexity index is 1190. The molecule has 0 saturated carbocycles. The third kappa shape index (κ3) is 4.42. The first kappa shape index (κ1) is 23.6. The van der Waals surface area contributed by atoms with Gasteiger partial charge in [-0.2, -0.15) is 0 Å². The molecule has 2 aromatic heterocycles. The Hall–Kier alpha value is -2.18. The summed E-state index contributed by atoms with van der Waals surface area (Å²) in [4.78, 5) is 19.5. The van der Waals surface area contributed by atoms with Gasteiger partial charge < -0.3 is 14.2 Å². The van der Waals surface area contributed by atoms with Crippen LogP contribution in [0.2, 0.25) is 0 Å². The Labute approximate surface area is 205 Å². The fraction of sp³-hybridized carbons (Fsp3) is 0.536. The van der Waals surface area contributed by atoms with Crippen LogP contribution in [0.4, 0.5) is 4.39 Å². The maximum Gasteiger partial charge on any atom is 0.219 e. The molecule has 2 aliphatic heterocycles. The number of likely N-dealkylation sites (tertiary alicyclic amines) is 1. The van der Waals surface area contributed by atoms with Gasteiger partial charge in [0.15, 0.2) is 0 Å². The van der Waals surface area contributed by atoms with E-state index in [0.717, 1.165) is 82.4 Å². The van der Waals surface area contributed by atoms with Gasteiger partial charge in [-0.15, -0.1) is 11.3 Å². The number of carbonyl (C=O) groups excluding carboxylic acids is 1. The van der Waals surface area contributed by atoms with Gasteiger partial charge in [-0.05, 0) is 74.4 Å². The summed E-state index contributed by atoms with van der Waals surface area (Å²) in [7, 11) is 0. The lowest BCUT2D eigenvalue weighted by atomic mass is 9.87. The summed E-state index contributed by atoms with van der Waals surface area (Å²) < 4.78 is 19.7. The standard InChI is InChI=1S/C28H35FN2O2S/c1-4-21-23-17-31(18(3)32)15-11-27(23)34-26(21)10-14-30-12-8-19(9-13-30)28-22-7-6-20(29)16-25(22)33-24(28)5-2/h6-7,16,19H,4-5,8-15,17H2,1-3H3. The highest BCUT2D eigenvalue weighted by Gasteiger charge is 2.28. The van der Waals surface area contributed by atoms with Crippen molar-refractivity contribution in [2.75, 3.05) is 26.2 Å². The highest BCUT2D eigenvalue weighted by atomic mass is 32.1. The molecule has 2 aliphatic rings. The zero-order valence-corrected chi connectivity index (χ0v) is 21.4. The summed E-state index contributed by atoms with van der Waals surface area (Å²) in [5.41, 5.74) is 4.92. The zero-order valence-electron chi connectivity index (χ0n) is 20.6. The number of amides is 1. The summed E-state index contributed by atoms with van der Waals surface area (Å²) in [5.74, 6) is 1.46. The Morgan fingerprint density at radius 1 is 1.18 bits per heavy atom. The van der Waals surface area contributed by atoms with E-state index in [1.54, 1.807) is 13.0 Å². The van der Waals surface area contributed by atoms with E-state index < -0.39 is 0 Å². The fourth-order valence-corrected chi connectivity index (χ4v) is 7.32. The minimum absolute atomic E-state index is 0.185. The molecule has 4 heterocycles. The lowest BCUT2D eigenvalue weighted by molar-refractivity contribution is -0.129. The predicted octanol–water partition coefficient (Wildman–Crippen LogP) is 6.08. The van der Waals surface area contributed by atoms with E-state index in [0.29, 0.717) is 11.5 Å². The number of fused-ring (bicyclic) bond motifs is 2. The van der Waals surface area contributed by atoms with Gasteiger partial charge in [0.1, 0.15) is 17.2 Å². The normalized spacial score (nSPS) is 17.5. The van der Waals surface area contributed by atoms with Gasteiger partial charge in [-0.25, -0.2) is 4.39 Å². The van der Waals surface area contributed by atoms with Crippen molar-refractivity contribution < 1.29 is 13.6 Å². The SMILES string of the molecule is CCc1oc2cc(F)ccc2c1C1CCN(CCc2sc3c(c2CC)CN(C(C)=O)CC3)CC1. The highest BCUT2D eigenvalue weighted by molar-refractivity contribution is 7.12. The number of aryl methyl sites for hydroxylation is 1. The third-order valence-corrected chi connectivity index (χ3v) is 9.17. The molecule has 1 aromatic carbocycles. The van der Waals surface area contributed by atoms with Gasteiger partial charge in [0.05, 0.1) is 0 Å². The number of piperidine rings is 1. The van der Waals surface area contributed by atoms with Crippen molar-refractivity contribution in [1.29, 1.82) is 0 Å². The van der Waals surface area contributed by atoms with Gasteiger partial charge in [0, 0.05) is 59.7 Å². The van der Waals surface area contributed by atoms with Crippen molar-refractivity contribution >= 4 is 28.2 Å². The molecule has 6 heteroatoms. The van der Waals surface area contributed by atoms with Crippen molar-refractivity contribution in [2.45, 2.75) is 71.8 Å². The predicted molar refractivity (Wildman–Crippen MR) is 136 cm³/mol. The van der Waals surface area contributed by atoms with E-state index in [9.17, 15) is 9.18 Å². The first-order chi connectivity index (χ1) is 16.5. The average molecular weight is 483 g/mol. The number of halogens is 1. The molecule has 1 amide bonds. The van der Waals surface area contributed by atoms with Gasteiger partial charge in [0.25, 0.3) is 0 Å². The second kappa shape index (κ2) is 9.82. The summed E-state index contributed by atoms with van der Waals surface area (Å²) >= 11 is 1.99. The lowest BCUT2D eigenvalue weighted by Gasteiger charge is -2.32. The average Bonchev–Trinajstić information content (AvgIpc) is 3.39. The molecular weight excluding hydrogens is 447 g/mol. The second-order valence-electron chi connectivity index (χ2n) is 9.75. The molecule has 0 N–H and O–H groups in total. The molecular formula is C28H35FN2O2S. The number of benzene rings is 1. The van der Waals surface area contributed by atoms with Crippen molar-refractivity contribution in [2.24, 2.45) is 0 Å². The molecule has 4 nitrogen and oxygen atoms in total. The van der Waals surface area contributed by atoms with Gasteiger partial charge in [-0.3, -0.25) is 4.79 Å². The maximum atomic E-state index is 13.7. The van der Waals surface area contributed by atoms with Crippen LogP contribution in [0.25, 0.3) is 11.0 Å². The first-order valence-corrected chi connectivity index (χ1v) is 13.6. The van der Waals surface area contributed by atoms with Gasteiger partial charge in [-0.1, -0.05) is 13.8 Å². The molecule has 1 saturated heterocycles. The molecule has 0 unspecified atom stereocenters. The fourth-order valence-electron chi connectivity index (χ4n) is 5.94. The smallest absolute Gasteiger partial charge is 0.219 e. The zero-order chi connectivity index (χ0) is 23.8. The lowest BCUT2D eigenvalue weighted by Crippen LogP contribution is -2.34. The summed E-state index contributed by atoms with van der Waals surface area (Å²) in [6, 6.07) is 4.97. The van der Waals surface area contributed by atoms with Crippen LogP contribution in [-0.4, -0.2) is 41.9 Å². The van der Waals surface area contributed by atoms with Crippen LogP contribution in [0.5, 0.6) is 0 Å². The van der Waals surface area contributed by atoms with Crippen molar-refractivity contribution in [3.63, 3.8) is 0 Å². The molecule has 0 aliphatic carbocycles. The van der Waals surface area contributed by atoms with Gasteiger partial charge in [0.2, 0.25) is 5.91 Å². The number of carbonyl (C=O) groups is 1. The van der Waals surface area contributed by atoms with Crippen LogP contribution < -0.4 is 0 Å². The Balaban J connectivity index is 1.24. The molecule has 0 bridgehead atoms. The number of nitrogens with zero attached hydrogens (tertiary/aromatic N) is 2. The molecule has 1 fully saturated rings. The monoisotopic (exact) mass is 482 g/mol. The van der Waals surface area contributed by atoms with Crippen LogP contribution >= 0.6 is 11.3 Å². The number of hydrogen-bond acceptors (Lipinski definition) is 4. The Morgan fingerprint density at radius 3 is 2.68 bits per heavy atom. The molecule has 0 radical (unpaired) electrons. The second-order valence-corrected chi connectivity index (χ2v) is 10.9. The van der Waals surface area contributed by atoms with Gasteiger partial charge >= 0.3 is 0 Å². The largest absolute Gasteiger partial charge is 0.461 e. The van der Waals surface area contributed by atoms with Crippen LogP contribution in [0.1, 0.15) is 71.7 Å². The number of hydrogen-bond donors (Lipinski definition) is 0. The Kier molecular flexibility index (Phi) is 6.81. The van der Waals surface area contributed by atoms with E-state index in [1.807, 2.05) is 22.3 Å². The Morgan fingerprint density at radius 2 is 1.97 bits per heavy atom. The van der Waals surface area contributed by atoms with E-state index in [4.69, 9.17) is 4.42 Å².